The average molecular weight is 290 g/mol. The van der Waals surface area contributed by atoms with E-state index in [1.54, 1.807) is 18.2 Å². The maximum Gasteiger partial charge on any atom is 0.336 e. The standard InChI is InChI=1S/C14H13NO6/c1-20-9-2-3-10-8(4-12(16)15-7-13(17)18)5-14(19)21-11(10)6-9/h2-3,5-6H,4,7H2,1H3,(H,15,16)(H,17,18)/p-1. The van der Waals surface area contributed by atoms with Crippen LogP contribution in [0, 0.1) is 0 Å². The van der Waals surface area contributed by atoms with Gasteiger partial charge >= 0.3 is 5.63 Å². The highest BCUT2D eigenvalue weighted by atomic mass is 16.5. The van der Waals surface area contributed by atoms with Gasteiger partial charge in [0.05, 0.1) is 26.0 Å². The quantitative estimate of drug-likeness (QED) is 0.723. The predicted octanol–water partition coefficient (Wildman–Crippen LogP) is -0.790. The van der Waals surface area contributed by atoms with Crippen molar-refractivity contribution in [1.29, 1.82) is 0 Å². The van der Waals surface area contributed by atoms with Crippen LogP contribution >= 0.6 is 0 Å². The highest BCUT2D eigenvalue weighted by Crippen LogP contribution is 2.22. The summed E-state index contributed by atoms with van der Waals surface area (Å²) in [5, 5.41) is 13.0. The van der Waals surface area contributed by atoms with Crippen LogP contribution in [0.3, 0.4) is 0 Å². The van der Waals surface area contributed by atoms with Gasteiger partial charge in [0.1, 0.15) is 11.3 Å². The Morgan fingerprint density at radius 1 is 1.33 bits per heavy atom. The van der Waals surface area contributed by atoms with E-state index in [9.17, 15) is 19.5 Å². The van der Waals surface area contributed by atoms with E-state index >= 15 is 0 Å². The van der Waals surface area contributed by atoms with Crippen molar-refractivity contribution in [2.24, 2.45) is 0 Å². The van der Waals surface area contributed by atoms with Gasteiger partial charge in [-0.2, -0.15) is 0 Å². The van der Waals surface area contributed by atoms with Gasteiger partial charge in [0.15, 0.2) is 0 Å². The first-order valence-corrected chi connectivity index (χ1v) is 6.07. The van der Waals surface area contributed by atoms with Gasteiger partial charge in [-0.3, -0.25) is 4.79 Å². The number of hydrogen-bond donors (Lipinski definition) is 1. The van der Waals surface area contributed by atoms with E-state index in [-0.39, 0.29) is 6.42 Å². The summed E-state index contributed by atoms with van der Waals surface area (Å²) in [6, 6.07) is 6.08. The van der Waals surface area contributed by atoms with Gasteiger partial charge in [-0.1, -0.05) is 0 Å². The molecular formula is C14H12NO6-. The molecule has 0 aliphatic rings. The number of hydrogen-bond acceptors (Lipinski definition) is 6. The summed E-state index contributed by atoms with van der Waals surface area (Å²) >= 11 is 0. The summed E-state index contributed by atoms with van der Waals surface area (Å²) in [5.41, 5.74) is 0.141. The lowest BCUT2D eigenvalue weighted by atomic mass is 10.1. The Balaban J connectivity index is 2.32. The van der Waals surface area contributed by atoms with Crippen LogP contribution < -0.4 is 20.8 Å². The summed E-state index contributed by atoms with van der Waals surface area (Å²) in [6.45, 7) is -0.577. The fourth-order valence-corrected chi connectivity index (χ4v) is 1.89. The fraction of sp³-hybridized carbons (Fsp3) is 0.214. The number of aliphatic carboxylic acids is 1. The van der Waals surface area contributed by atoms with Crippen molar-refractivity contribution in [3.05, 3.63) is 40.2 Å². The van der Waals surface area contributed by atoms with Crippen molar-refractivity contribution in [2.45, 2.75) is 6.42 Å². The zero-order valence-corrected chi connectivity index (χ0v) is 11.2. The van der Waals surface area contributed by atoms with Crippen LogP contribution in [0.5, 0.6) is 5.75 Å². The van der Waals surface area contributed by atoms with Gasteiger partial charge in [-0.15, -0.1) is 0 Å². The fourth-order valence-electron chi connectivity index (χ4n) is 1.89. The molecule has 7 nitrogen and oxygen atoms in total. The number of rotatable bonds is 5. The molecule has 1 aromatic heterocycles. The SMILES string of the molecule is COc1ccc2c(CC(=O)NCC(=O)[O-])cc(=O)oc2c1. The molecule has 0 bridgehead atoms. The molecule has 0 aliphatic heterocycles. The van der Waals surface area contributed by atoms with Crippen LogP contribution in [0.15, 0.2) is 33.5 Å². The van der Waals surface area contributed by atoms with Crippen molar-refractivity contribution in [3.63, 3.8) is 0 Å². The molecule has 0 fully saturated rings. The molecule has 7 heteroatoms. The summed E-state index contributed by atoms with van der Waals surface area (Å²) in [7, 11) is 1.48. The number of amides is 1. The largest absolute Gasteiger partial charge is 0.548 e. The maximum absolute atomic E-state index is 11.6. The number of carbonyl (C=O) groups is 2. The Hall–Kier alpha value is -2.83. The Bertz CT molecular complexity index is 749. The van der Waals surface area contributed by atoms with E-state index < -0.39 is 24.0 Å². The van der Waals surface area contributed by atoms with Crippen LogP contribution in [-0.2, 0) is 16.0 Å². The lowest BCUT2D eigenvalue weighted by Gasteiger charge is -2.08. The molecule has 0 atom stereocenters. The lowest BCUT2D eigenvalue weighted by molar-refractivity contribution is -0.304. The summed E-state index contributed by atoms with van der Waals surface area (Å²) < 4.78 is 10.1. The van der Waals surface area contributed by atoms with E-state index in [1.807, 2.05) is 0 Å². The molecular weight excluding hydrogens is 278 g/mol. The maximum atomic E-state index is 11.6. The molecule has 1 amide bonds. The van der Waals surface area contributed by atoms with Crippen LogP contribution in [0.4, 0.5) is 0 Å². The number of fused-ring (bicyclic) bond motifs is 1. The molecule has 2 aromatic rings. The van der Waals surface area contributed by atoms with Crippen molar-refractivity contribution in [2.75, 3.05) is 13.7 Å². The van der Waals surface area contributed by atoms with Crippen LogP contribution in [0.1, 0.15) is 5.56 Å². The highest BCUT2D eigenvalue weighted by Gasteiger charge is 2.10. The summed E-state index contributed by atoms with van der Waals surface area (Å²) in [4.78, 5) is 33.4. The predicted molar refractivity (Wildman–Crippen MR) is 70.8 cm³/mol. The van der Waals surface area contributed by atoms with Crippen molar-refractivity contribution in [3.8, 4) is 5.75 Å². The summed E-state index contributed by atoms with van der Waals surface area (Å²) in [5.74, 6) is -1.39. The Morgan fingerprint density at radius 2 is 2.10 bits per heavy atom. The van der Waals surface area contributed by atoms with E-state index in [1.165, 1.54) is 13.2 Å². The minimum atomic E-state index is -1.38. The number of nitrogens with one attached hydrogen (secondary N) is 1. The molecule has 0 saturated carbocycles. The third-order valence-electron chi connectivity index (χ3n) is 2.82. The van der Waals surface area contributed by atoms with Gasteiger partial charge in [-0.25, -0.2) is 4.79 Å². The number of carboxylic acids is 1. The molecule has 1 aromatic carbocycles. The van der Waals surface area contributed by atoms with E-state index in [4.69, 9.17) is 9.15 Å². The molecule has 0 unspecified atom stereocenters. The second-order valence-electron chi connectivity index (χ2n) is 4.28. The molecule has 0 saturated heterocycles. The molecule has 0 radical (unpaired) electrons. The third kappa shape index (κ3) is 3.59. The number of methoxy groups -OCH3 is 1. The van der Waals surface area contributed by atoms with Crippen LogP contribution in [0.2, 0.25) is 0 Å². The zero-order chi connectivity index (χ0) is 15.4. The molecule has 21 heavy (non-hydrogen) atoms. The van der Waals surface area contributed by atoms with Crippen molar-refractivity contribution in [1.82, 2.24) is 5.32 Å². The highest BCUT2D eigenvalue weighted by molar-refractivity contribution is 5.88. The van der Waals surface area contributed by atoms with Crippen molar-refractivity contribution < 1.29 is 23.8 Å². The van der Waals surface area contributed by atoms with Gasteiger partial charge in [-0.05, 0) is 17.7 Å². The topological polar surface area (TPSA) is 109 Å². The Morgan fingerprint density at radius 3 is 2.76 bits per heavy atom. The third-order valence-corrected chi connectivity index (χ3v) is 2.82. The number of ether oxygens (including phenoxy) is 1. The molecule has 0 aliphatic carbocycles. The van der Waals surface area contributed by atoms with Crippen molar-refractivity contribution >= 4 is 22.8 Å². The van der Waals surface area contributed by atoms with Gasteiger partial charge in [0.2, 0.25) is 5.91 Å². The molecule has 110 valence electrons. The van der Waals surface area contributed by atoms with E-state index in [0.717, 1.165) is 0 Å². The molecule has 2 rings (SSSR count). The van der Waals surface area contributed by atoms with E-state index in [0.29, 0.717) is 22.3 Å². The number of benzene rings is 1. The first-order valence-electron chi connectivity index (χ1n) is 6.07. The second-order valence-corrected chi connectivity index (χ2v) is 4.28. The Kier molecular flexibility index (Phi) is 4.22. The average Bonchev–Trinajstić information content (AvgIpc) is 2.44. The molecule has 1 heterocycles. The molecule has 0 spiro atoms. The minimum absolute atomic E-state index is 0.137. The van der Waals surface area contributed by atoms with Gasteiger partial charge in [0.25, 0.3) is 0 Å². The summed E-state index contributed by atoms with van der Waals surface area (Å²) in [6.07, 6.45) is -0.137. The first-order chi connectivity index (χ1) is 9.99. The second kappa shape index (κ2) is 6.08. The Labute approximate surface area is 119 Å². The smallest absolute Gasteiger partial charge is 0.336 e. The number of carboxylic acid groups (broad SMARTS) is 1. The van der Waals surface area contributed by atoms with Crippen LogP contribution in [0.25, 0.3) is 11.0 Å². The van der Waals surface area contributed by atoms with Crippen LogP contribution in [-0.4, -0.2) is 25.5 Å². The minimum Gasteiger partial charge on any atom is -0.548 e. The lowest BCUT2D eigenvalue weighted by Crippen LogP contribution is -2.38. The zero-order valence-electron chi connectivity index (χ0n) is 11.2. The van der Waals surface area contributed by atoms with Gasteiger partial charge in [0, 0.05) is 17.5 Å². The number of carbonyl (C=O) groups excluding carboxylic acids is 2. The monoisotopic (exact) mass is 290 g/mol. The first kappa shape index (κ1) is 14.6. The normalized spacial score (nSPS) is 10.3. The van der Waals surface area contributed by atoms with E-state index in [2.05, 4.69) is 5.32 Å². The van der Waals surface area contributed by atoms with Gasteiger partial charge < -0.3 is 24.4 Å². The molecule has 1 N–H and O–H groups in total.